The van der Waals surface area contributed by atoms with Gasteiger partial charge in [0, 0.05) is 23.2 Å². The molecule has 0 saturated carbocycles. The molecule has 32 heavy (non-hydrogen) atoms. The van der Waals surface area contributed by atoms with E-state index in [4.69, 9.17) is 10.2 Å². The molecule has 0 radical (unpaired) electrons. The second-order valence-electron chi connectivity index (χ2n) is 10.7. The summed E-state index contributed by atoms with van der Waals surface area (Å²) in [5, 5.41) is 9.94. The average molecular weight is 427 g/mol. The second kappa shape index (κ2) is 7.77. The van der Waals surface area contributed by atoms with Gasteiger partial charge in [0.15, 0.2) is 0 Å². The highest BCUT2D eigenvalue weighted by Crippen LogP contribution is 2.42. The number of benzene rings is 2. The van der Waals surface area contributed by atoms with Crippen molar-refractivity contribution < 1.29 is 0 Å². The van der Waals surface area contributed by atoms with E-state index in [0.29, 0.717) is 0 Å². The molecule has 166 valence electrons. The van der Waals surface area contributed by atoms with E-state index < -0.39 is 0 Å². The van der Waals surface area contributed by atoms with Gasteiger partial charge in [-0.05, 0) is 47.4 Å². The van der Waals surface area contributed by atoms with Crippen LogP contribution in [-0.4, -0.2) is 19.6 Å². The number of aromatic nitrogens is 4. The van der Waals surface area contributed by atoms with E-state index in [0.717, 1.165) is 22.8 Å². The van der Waals surface area contributed by atoms with Gasteiger partial charge in [-0.25, -0.2) is 9.36 Å². The van der Waals surface area contributed by atoms with Crippen LogP contribution in [0, 0.1) is 0 Å². The minimum Gasteiger partial charge on any atom is -0.241 e. The van der Waals surface area contributed by atoms with Crippen molar-refractivity contribution in [3.8, 4) is 11.4 Å². The fraction of sp³-hybridized carbons (Fsp3) is 0.357. The molecule has 0 aliphatic carbocycles. The fourth-order valence-corrected chi connectivity index (χ4v) is 3.94. The van der Waals surface area contributed by atoms with E-state index in [1.54, 1.807) is 0 Å². The van der Waals surface area contributed by atoms with Crippen molar-refractivity contribution in [3.63, 3.8) is 0 Å². The first kappa shape index (κ1) is 22.1. The quantitative estimate of drug-likeness (QED) is 0.360. The lowest BCUT2D eigenvalue weighted by Crippen LogP contribution is -2.41. The molecule has 0 spiro atoms. The average Bonchev–Trinajstić information content (AvgIpc) is 3.44. The molecule has 0 fully saturated rings. The molecule has 0 saturated heterocycles. The summed E-state index contributed by atoms with van der Waals surface area (Å²) >= 11 is 0. The minimum atomic E-state index is -0.226. The van der Waals surface area contributed by atoms with Gasteiger partial charge in [0.05, 0.1) is 22.8 Å². The third kappa shape index (κ3) is 3.90. The summed E-state index contributed by atoms with van der Waals surface area (Å²) in [6.07, 6.45) is 4.11. The minimum absolute atomic E-state index is 0.102. The van der Waals surface area contributed by atoms with Gasteiger partial charge in [-0.15, -0.1) is 0 Å². The van der Waals surface area contributed by atoms with Crippen molar-refractivity contribution in [1.29, 1.82) is 0 Å². The highest BCUT2D eigenvalue weighted by Gasteiger charge is 2.43. The molecule has 4 aromatic rings. The number of nitrogens with zero attached hydrogens (tertiary/aromatic N) is 4. The van der Waals surface area contributed by atoms with Crippen LogP contribution in [0.5, 0.6) is 0 Å². The van der Waals surface area contributed by atoms with Crippen molar-refractivity contribution in [2.24, 2.45) is 0 Å². The lowest BCUT2D eigenvalue weighted by atomic mass is 9.64. The highest BCUT2D eigenvalue weighted by atomic mass is 15.3. The van der Waals surface area contributed by atoms with Gasteiger partial charge in [-0.1, -0.05) is 78.8 Å². The lowest BCUT2D eigenvalue weighted by Gasteiger charge is -2.39. The van der Waals surface area contributed by atoms with Crippen LogP contribution in [-0.2, 0) is 16.2 Å². The molecule has 0 bridgehead atoms. The van der Waals surface area contributed by atoms with Crippen molar-refractivity contribution in [2.45, 2.75) is 64.7 Å². The Morgan fingerprint density at radius 1 is 0.562 bits per heavy atom. The zero-order chi connectivity index (χ0) is 23.1. The first-order valence-electron chi connectivity index (χ1n) is 11.3. The van der Waals surface area contributed by atoms with Gasteiger partial charge in [0.25, 0.3) is 0 Å². The SMILES string of the molecule is CC(C)(C)c1cccc(-n2ccc(C(C)(C)C(C)(C)c3ccn(-c4ccccc4)n3)n2)c1. The van der Waals surface area contributed by atoms with Crippen LogP contribution in [0.4, 0.5) is 0 Å². The Balaban J connectivity index is 1.66. The number of para-hydroxylation sites is 1. The van der Waals surface area contributed by atoms with Gasteiger partial charge in [-0.2, -0.15) is 10.2 Å². The summed E-state index contributed by atoms with van der Waals surface area (Å²) in [6.45, 7) is 15.7. The maximum Gasteiger partial charge on any atom is 0.0694 e. The van der Waals surface area contributed by atoms with Gasteiger partial charge < -0.3 is 0 Å². The summed E-state index contributed by atoms with van der Waals surface area (Å²) in [6, 6.07) is 23.1. The molecular formula is C28H34N4. The zero-order valence-electron chi connectivity index (χ0n) is 20.3. The van der Waals surface area contributed by atoms with Crippen LogP contribution in [0.15, 0.2) is 79.1 Å². The van der Waals surface area contributed by atoms with E-state index in [9.17, 15) is 0 Å². The fourth-order valence-electron chi connectivity index (χ4n) is 3.94. The second-order valence-corrected chi connectivity index (χ2v) is 10.7. The summed E-state index contributed by atoms with van der Waals surface area (Å²) in [4.78, 5) is 0. The van der Waals surface area contributed by atoms with Gasteiger partial charge in [-0.3, -0.25) is 0 Å². The van der Waals surface area contributed by atoms with E-state index in [2.05, 4.69) is 103 Å². The first-order valence-corrected chi connectivity index (χ1v) is 11.3. The predicted molar refractivity (Wildman–Crippen MR) is 132 cm³/mol. The van der Waals surface area contributed by atoms with Gasteiger partial charge >= 0.3 is 0 Å². The van der Waals surface area contributed by atoms with E-state index in [1.807, 2.05) is 33.8 Å². The molecule has 2 aromatic heterocycles. The van der Waals surface area contributed by atoms with Crippen LogP contribution in [0.2, 0.25) is 0 Å². The normalized spacial score (nSPS) is 12.8. The predicted octanol–water partition coefficient (Wildman–Crippen LogP) is 6.61. The molecule has 0 amide bonds. The monoisotopic (exact) mass is 426 g/mol. The maximum absolute atomic E-state index is 5.01. The number of hydrogen-bond donors (Lipinski definition) is 0. The smallest absolute Gasteiger partial charge is 0.0694 e. The summed E-state index contributed by atoms with van der Waals surface area (Å²) in [7, 11) is 0. The molecule has 0 N–H and O–H groups in total. The Hall–Kier alpha value is -3.14. The van der Waals surface area contributed by atoms with Crippen LogP contribution in [0.25, 0.3) is 11.4 Å². The Kier molecular flexibility index (Phi) is 5.36. The first-order chi connectivity index (χ1) is 15.0. The third-order valence-corrected chi connectivity index (χ3v) is 7.02. The molecule has 4 nitrogen and oxygen atoms in total. The van der Waals surface area contributed by atoms with E-state index in [1.165, 1.54) is 5.56 Å². The van der Waals surface area contributed by atoms with Crippen LogP contribution in [0.1, 0.15) is 65.4 Å². The van der Waals surface area contributed by atoms with Crippen LogP contribution in [0.3, 0.4) is 0 Å². The molecule has 4 rings (SSSR count). The summed E-state index contributed by atoms with van der Waals surface area (Å²) < 4.78 is 3.94. The third-order valence-electron chi connectivity index (χ3n) is 7.02. The maximum atomic E-state index is 5.01. The molecule has 4 heteroatoms. The van der Waals surface area contributed by atoms with E-state index >= 15 is 0 Å². The standard InChI is InChI=1S/C28H34N4/c1-26(2,3)21-12-11-15-23(20-21)32-19-17-25(30-32)28(6,7)27(4,5)24-16-18-31(29-24)22-13-9-8-10-14-22/h8-20H,1-7H3. The largest absolute Gasteiger partial charge is 0.241 e. The Morgan fingerprint density at radius 3 is 1.59 bits per heavy atom. The highest BCUT2D eigenvalue weighted by molar-refractivity contribution is 5.39. The van der Waals surface area contributed by atoms with Crippen molar-refractivity contribution in [1.82, 2.24) is 19.6 Å². The molecule has 0 aliphatic rings. The Morgan fingerprint density at radius 2 is 1.06 bits per heavy atom. The lowest BCUT2D eigenvalue weighted by molar-refractivity contribution is 0.286. The molecule has 2 aromatic carbocycles. The molecule has 0 atom stereocenters. The summed E-state index contributed by atoms with van der Waals surface area (Å²) in [5.41, 5.74) is 5.22. The van der Waals surface area contributed by atoms with Gasteiger partial charge in [0.1, 0.15) is 0 Å². The van der Waals surface area contributed by atoms with Crippen molar-refractivity contribution in [2.75, 3.05) is 0 Å². The molecule has 2 heterocycles. The molecule has 0 aliphatic heterocycles. The van der Waals surface area contributed by atoms with E-state index in [-0.39, 0.29) is 16.2 Å². The zero-order valence-corrected chi connectivity index (χ0v) is 20.3. The van der Waals surface area contributed by atoms with Crippen molar-refractivity contribution in [3.05, 3.63) is 96.1 Å². The summed E-state index contributed by atoms with van der Waals surface area (Å²) in [5.74, 6) is 0. The number of hydrogen-bond acceptors (Lipinski definition) is 2. The Bertz CT molecular complexity index is 1200. The number of rotatable bonds is 5. The molecule has 0 unspecified atom stereocenters. The Labute approximate surface area is 191 Å². The van der Waals surface area contributed by atoms with Crippen LogP contribution < -0.4 is 0 Å². The topological polar surface area (TPSA) is 35.6 Å². The molecular weight excluding hydrogens is 392 g/mol. The van der Waals surface area contributed by atoms with Crippen molar-refractivity contribution >= 4 is 0 Å². The van der Waals surface area contributed by atoms with Crippen LogP contribution >= 0.6 is 0 Å². The van der Waals surface area contributed by atoms with Gasteiger partial charge in [0.2, 0.25) is 0 Å².